The van der Waals surface area contributed by atoms with Gasteiger partial charge in [-0.25, -0.2) is 18.7 Å². The van der Waals surface area contributed by atoms with E-state index in [1.165, 1.54) is 60.7 Å². The first-order valence-electron chi connectivity index (χ1n) is 34.6. The maximum absolute atomic E-state index is 14.3. The predicted molar refractivity (Wildman–Crippen MR) is 401 cm³/mol. The van der Waals surface area contributed by atoms with E-state index in [1.807, 2.05) is 79.7 Å². The Hall–Kier alpha value is -9.93. The first-order chi connectivity index (χ1) is 50.0. The van der Waals surface area contributed by atoms with Crippen molar-refractivity contribution in [2.75, 3.05) is 91.0 Å². The molecule has 0 radical (unpaired) electrons. The molecule has 6 aliphatic heterocycles. The highest BCUT2D eigenvalue weighted by atomic mass is 35.5. The summed E-state index contributed by atoms with van der Waals surface area (Å²) in [4.78, 5) is 97.9. The Kier molecular flexibility index (Phi) is 20.8. The van der Waals surface area contributed by atoms with Crippen molar-refractivity contribution in [3.63, 3.8) is 0 Å². The van der Waals surface area contributed by atoms with Gasteiger partial charge in [0.2, 0.25) is 0 Å². The molecule has 4 fully saturated rings. The van der Waals surface area contributed by atoms with Crippen LogP contribution in [0.1, 0.15) is 120 Å². The maximum atomic E-state index is 14.3. The number of para-hydroxylation sites is 2. The molecule has 103 heavy (non-hydrogen) atoms. The summed E-state index contributed by atoms with van der Waals surface area (Å²) in [6.45, 7) is 12.3. The summed E-state index contributed by atoms with van der Waals surface area (Å²) >= 11 is 8.90. The van der Waals surface area contributed by atoms with Crippen molar-refractivity contribution in [1.82, 2.24) is 15.3 Å². The number of carbonyl (C=O) groups excluding carboxylic acids is 6. The van der Waals surface area contributed by atoms with Gasteiger partial charge in [-0.1, -0.05) is 84.4 Å². The summed E-state index contributed by atoms with van der Waals surface area (Å²) in [7, 11) is 0. The first-order valence-corrected chi connectivity index (χ1v) is 36.6. The minimum atomic E-state index is -0.393. The number of thiophene rings is 2. The molecule has 4 amide bonds. The number of aromatic nitrogens is 2. The van der Waals surface area contributed by atoms with Crippen LogP contribution in [0.2, 0.25) is 5.15 Å². The third kappa shape index (κ3) is 15.4. The van der Waals surface area contributed by atoms with Crippen LogP contribution in [0, 0.1) is 36.3 Å². The van der Waals surface area contributed by atoms with Crippen LogP contribution in [0.3, 0.4) is 0 Å². The Morgan fingerprint density at radius 3 is 1.40 bits per heavy atom. The number of aryl methyl sites for hydroxylation is 2. The van der Waals surface area contributed by atoms with Gasteiger partial charge in [-0.2, -0.15) is 0 Å². The van der Waals surface area contributed by atoms with Gasteiger partial charge in [0.05, 0.1) is 32.3 Å². The number of nitrogens with zero attached hydrogens (tertiary/aromatic N) is 5. The topological polar surface area (TPSA) is 192 Å². The number of hydrogen-bond donors (Lipinski definition) is 3. The number of Topliss-reactive ketones (excluding diaryl/α,β-unsaturated/α-hetero) is 2. The number of fused-ring (bicyclic) bond motifs is 6. The minimum absolute atomic E-state index is 0.00684. The molecule has 16 rings (SSSR count). The van der Waals surface area contributed by atoms with Crippen molar-refractivity contribution in [2.45, 2.75) is 65.2 Å². The monoisotopic (exact) mass is 1440 g/mol. The van der Waals surface area contributed by atoms with Gasteiger partial charge in [0, 0.05) is 139 Å². The third-order valence-corrected chi connectivity index (χ3v) is 22.9. The van der Waals surface area contributed by atoms with Crippen LogP contribution in [0.15, 0.2) is 182 Å². The number of halogens is 3. The first kappa shape index (κ1) is 70.1. The fraction of sp³-hybridized carbons (Fsp3) is 0.268. The van der Waals surface area contributed by atoms with Gasteiger partial charge in [-0.05, 0) is 189 Å². The number of ketones is 2. The molecule has 3 N–H and O–H groups in total. The van der Waals surface area contributed by atoms with Crippen LogP contribution in [-0.2, 0) is 35.2 Å². The Bertz CT molecular complexity index is 4880. The molecule has 0 saturated carbocycles. The van der Waals surface area contributed by atoms with Crippen LogP contribution < -0.4 is 30.7 Å². The van der Waals surface area contributed by atoms with Crippen LogP contribution in [0.25, 0.3) is 20.9 Å². The lowest BCUT2D eigenvalue weighted by molar-refractivity contribution is -0.0130. The van der Waals surface area contributed by atoms with Crippen molar-refractivity contribution < 1.29 is 47.0 Å². The number of amides is 4. The molecule has 0 aliphatic carbocycles. The SMILES string of the molecule is C1CC2(CCO1)CNC2.Cc1ccc(C(=O)Nc2ccc(C(=O)N3CCc4cc(C(=O)Cc5ccccc5F)sc4-c4ccccc43)cc2)c(Cl)n1.Cc1ccc(C(=O)Nc2ccc(C(=O)N3CCc4cc(C(=O)Cc5ccccc5F)sc4-c4ccccc43)cc2)c(N2CC3(CCOCC3)C2)n1. The lowest BCUT2D eigenvalue weighted by Gasteiger charge is -2.53. The molecular formula is C82H75ClF2N8O8S2. The summed E-state index contributed by atoms with van der Waals surface area (Å²) in [5, 5.41) is 9.24. The zero-order chi connectivity index (χ0) is 71.4. The molecule has 0 bridgehead atoms. The average molecular weight is 1440 g/mol. The summed E-state index contributed by atoms with van der Waals surface area (Å²) in [6.07, 6.45) is 5.71. The number of carbonyl (C=O) groups is 6. The molecule has 0 unspecified atom stereocenters. The van der Waals surface area contributed by atoms with Crippen LogP contribution in [0.5, 0.6) is 0 Å². The van der Waals surface area contributed by atoms with E-state index in [9.17, 15) is 37.5 Å². The summed E-state index contributed by atoms with van der Waals surface area (Å²) in [6, 6.07) is 52.5. The zero-order valence-corrected chi connectivity index (χ0v) is 59.4. The fourth-order valence-electron chi connectivity index (χ4n) is 14.1. The summed E-state index contributed by atoms with van der Waals surface area (Å²) in [5.74, 6) is -1.32. The van der Waals surface area contributed by atoms with Crippen molar-refractivity contribution in [3.8, 4) is 20.9 Å². The van der Waals surface area contributed by atoms with Gasteiger partial charge < -0.3 is 40.1 Å². The normalized spacial score (nSPS) is 15.9. The number of rotatable bonds is 13. The number of hydrogen-bond acceptors (Lipinski definition) is 14. The molecule has 16 nitrogen and oxygen atoms in total. The molecule has 6 aliphatic rings. The minimum Gasteiger partial charge on any atom is -0.381 e. The van der Waals surface area contributed by atoms with Crippen LogP contribution in [0.4, 0.5) is 37.3 Å². The van der Waals surface area contributed by atoms with Crippen molar-refractivity contribution in [1.29, 1.82) is 0 Å². The standard InChI is InChI=1S/C41H37FN4O4S.C34H25ClFN3O3S.C7H13NO/c1-26-10-15-32(38(43-26)45-24-41(25-45)17-20-50-21-18-41)39(48)44-30-13-11-27(12-14-30)40(49)46-19-16-29-23-36(35(47)22-28-6-2-4-8-33(28)42)51-37(29)31-7-3-5-9-34(31)46;1-20-10-15-26(32(35)37-20)33(41)38-24-13-11-21(12-14-24)34(42)39-17-16-23-19-30(29(40)18-22-6-2-4-8-27(22)36)43-31(23)25-7-3-5-9-28(25)39;1-3-9-4-2-7(1)5-8-6-7/h2-15,23H,16-22,24-25H2,1H3,(H,44,48);2-15,19H,16-18H2,1H3,(H,38,41);8H,1-6H2. The highest BCUT2D eigenvalue weighted by Crippen LogP contribution is 2.46. The number of ether oxygens (including phenoxy) is 2. The van der Waals surface area contributed by atoms with E-state index < -0.39 is 11.7 Å². The van der Waals surface area contributed by atoms with Gasteiger partial charge in [0.1, 0.15) is 22.6 Å². The van der Waals surface area contributed by atoms with Gasteiger partial charge in [0.15, 0.2) is 11.6 Å². The molecule has 10 heterocycles. The van der Waals surface area contributed by atoms with Crippen molar-refractivity contribution in [2.24, 2.45) is 10.8 Å². The molecule has 524 valence electrons. The van der Waals surface area contributed by atoms with E-state index in [0.717, 1.165) is 101 Å². The maximum Gasteiger partial charge on any atom is 0.259 e. The number of nitrogens with one attached hydrogen (secondary N) is 3. The Morgan fingerprint density at radius 1 is 0.524 bits per heavy atom. The summed E-state index contributed by atoms with van der Waals surface area (Å²) in [5.41, 5.74) is 11.3. The number of pyridine rings is 2. The van der Waals surface area contributed by atoms with E-state index >= 15 is 0 Å². The average Bonchev–Trinajstić information content (AvgIpc) is 1.26. The number of anilines is 5. The van der Waals surface area contributed by atoms with Crippen molar-refractivity contribution in [3.05, 3.63) is 264 Å². The molecule has 10 aromatic rings. The van der Waals surface area contributed by atoms with Gasteiger partial charge in [0.25, 0.3) is 23.6 Å². The quantitative estimate of drug-likeness (QED) is 0.0732. The Morgan fingerprint density at radius 2 is 0.951 bits per heavy atom. The fourth-order valence-corrected chi connectivity index (χ4v) is 16.8. The molecule has 6 aromatic carbocycles. The highest BCUT2D eigenvalue weighted by Gasteiger charge is 2.45. The highest BCUT2D eigenvalue weighted by molar-refractivity contribution is 7.18. The van der Waals surface area contributed by atoms with E-state index in [0.29, 0.717) is 91.8 Å². The lowest BCUT2D eigenvalue weighted by atomic mass is 9.73. The van der Waals surface area contributed by atoms with Gasteiger partial charge >= 0.3 is 0 Å². The second kappa shape index (κ2) is 30.6. The lowest BCUT2D eigenvalue weighted by Crippen LogP contribution is -2.59. The Labute approximate surface area is 609 Å². The molecule has 4 aromatic heterocycles. The van der Waals surface area contributed by atoms with E-state index in [-0.39, 0.29) is 64.1 Å². The molecule has 2 spiro atoms. The molecular weight excluding hydrogens is 1360 g/mol. The smallest absolute Gasteiger partial charge is 0.259 e. The molecule has 4 saturated heterocycles. The summed E-state index contributed by atoms with van der Waals surface area (Å²) < 4.78 is 39.3. The van der Waals surface area contributed by atoms with Crippen LogP contribution >= 0.6 is 34.3 Å². The Balaban J connectivity index is 0.000000156. The van der Waals surface area contributed by atoms with Gasteiger partial charge in [-0.3, -0.25) is 28.8 Å². The van der Waals surface area contributed by atoms with E-state index in [2.05, 4.69) is 25.8 Å². The second-order valence-electron chi connectivity index (χ2n) is 27.1. The van der Waals surface area contributed by atoms with Crippen molar-refractivity contribution >= 4 is 98.0 Å². The molecule has 0 atom stereocenters. The van der Waals surface area contributed by atoms with Gasteiger partial charge in [-0.15, -0.1) is 22.7 Å². The third-order valence-electron chi connectivity index (χ3n) is 20.1. The molecule has 21 heteroatoms. The largest absolute Gasteiger partial charge is 0.381 e. The van der Waals surface area contributed by atoms with Crippen LogP contribution in [-0.4, -0.2) is 111 Å². The number of benzene rings is 6. The van der Waals surface area contributed by atoms with E-state index in [1.54, 1.807) is 114 Å². The second-order valence-corrected chi connectivity index (χ2v) is 29.6. The zero-order valence-electron chi connectivity index (χ0n) is 57.0. The predicted octanol–water partition coefficient (Wildman–Crippen LogP) is 15.9. The van der Waals surface area contributed by atoms with E-state index in [4.69, 9.17) is 26.1 Å².